The fourth-order valence-electron chi connectivity index (χ4n) is 5.06. The highest BCUT2D eigenvalue weighted by atomic mass is 127. The summed E-state index contributed by atoms with van der Waals surface area (Å²) in [5.41, 5.74) is 0. The van der Waals surface area contributed by atoms with Crippen LogP contribution in [-0.4, -0.2) is 90.7 Å². The number of halogens is 2. The number of methoxy groups -OCH3 is 2. The van der Waals surface area contributed by atoms with Crippen molar-refractivity contribution in [3.8, 4) is 11.8 Å². The summed E-state index contributed by atoms with van der Waals surface area (Å²) >= 11 is 8.54. The lowest BCUT2D eigenvalue weighted by atomic mass is 9.87. The number of carbonyl (C=O) groups is 2. The van der Waals surface area contributed by atoms with Gasteiger partial charge in [0.05, 0.1) is 25.7 Å². The van der Waals surface area contributed by atoms with Crippen LogP contribution in [0.15, 0.2) is 10.2 Å². The van der Waals surface area contributed by atoms with E-state index in [1.165, 1.54) is 7.11 Å². The van der Waals surface area contributed by atoms with Crippen LogP contribution < -0.4 is 0 Å². The summed E-state index contributed by atoms with van der Waals surface area (Å²) in [7, 11) is -1.82. The van der Waals surface area contributed by atoms with Crippen molar-refractivity contribution in [1.82, 2.24) is 0 Å². The molecule has 2 saturated heterocycles. The number of allylic oxidation sites excluding steroid dienone is 1. The maximum atomic E-state index is 12.9. The molecule has 8 nitrogen and oxygen atoms in total. The van der Waals surface area contributed by atoms with E-state index >= 15 is 0 Å². The Morgan fingerprint density at radius 1 is 0.978 bits per heavy atom. The van der Waals surface area contributed by atoms with Crippen LogP contribution in [-0.2, 0) is 37.4 Å². The molecule has 2 aliphatic rings. The molecule has 0 radical (unpaired) electrons. The lowest BCUT2D eigenvalue weighted by Crippen LogP contribution is -2.68. The molecule has 0 aromatic carbocycles. The minimum atomic E-state index is -2.41. The molecule has 2 fully saturated rings. The van der Waals surface area contributed by atoms with Crippen LogP contribution in [0.2, 0.25) is 36.3 Å². The molecule has 0 bridgehead atoms. The summed E-state index contributed by atoms with van der Waals surface area (Å²) in [6.45, 7) is 25.9. The highest BCUT2D eigenvalue weighted by molar-refractivity contribution is 14.1. The second kappa shape index (κ2) is 17.1. The van der Waals surface area contributed by atoms with Gasteiger partial charge >= 0.3 is 5.97 Å². The van der Waals surface area contributed by atoms with E-state index < -0.39 is 47.2 Å². The van der Waals surface area contributed by atoms with E-state index in [2.05, 4.69) is 109 Å². The molecule has 2 aliphatic heterocycles. The predicted octanol–water partition coefficient (Wildman–Crippen LogP) is 7.96. The van der Waals surface area contributed by atoms with Gasteiger partial charge in [0.1, 0.15) is 30.5 Å². The smallest absolute Gasteiger partial charge is 0.308 e. The number of fused-ring (bicyclic) bond motifs is 1. The Hall–Kier alpha value is -0.306. The summed E-state index contributed by atoms with van der Waals surface area (Å²) in [6.07, 6.45) is -0.751. The Balaban J connectivity index is 2.57. The maximum absolute atomic E-state index is 12.9. The van der Waals surface area contributed by atoms with Crippen LogP contribution in [0, 0.1) is 11.8 Å². The van der Waals surface area contributed by atoms with Gasteiger partial charge in [0.2, 0.25) is 5.78 Å². The molecule has 0 aromatic rings. The standard InChI is InChI=1S/C34H58ClIO8Si2/c1-22(36)20-23(35)14-15-24(37)16-18-26(39-8)29-31(43-45(10,11)33(2,3)4)32(44-46(12,13)34(5,6)7)30-27(42-29)19-17-25(41-30)21-28(38)40-9/h23,25-27,29-32H,1,14-15,17,19-21H2,2-13H3/t23-,25?,26?,27+,29?,30+,31?,32?/m1/s1. The van der Waals surface area contributed by atoms with Gasteiger partial charge in [-0.2, -0.15) is 0 Å². The van der Waals surface area contributed by atoms with Gasteiger partial charge in [-0.3, -0.25) is 9.59 Å². The van der Waals surface area contributed by atoms with E-state index in [9.17, 15) is 9.59 Å². The molecule has 264 valence electrons. The number of esters is 1. The molecule has 8 atom stereocenters. The topological polar surface area (TPSA) is 89.5 Å². The quantitative estimate of drug-likeness (QED) is 0.0463. The first-order chi connectivity index (χ1) is 21.0. The van der Waals surface area contributed by atoms with E-state index in [0.29, 0.717) is 25.7 Å². The minimum absolute atomic E-state index is 0.0886. The van der Waals surface area contributed by atoms with Crippen molar-refractivity contribution in [3.05, 3.63) is 10.2 Å². The minimum Gasteiger partial charge on any atom is -0.469 e. The summed E-state index contributed by atoms with van der Waals surface area (Å²) in [4.78, 5) is 25.1. The highest BCUT2D eigenvalue weighted by Crippen LogP contribution is 2.45. The monoisotopic (exact) mass is 812 g/mol. The molecule has 2 heterocycles. The first kappa shape index (κ1) is 41.9. The number of ketones is 1. The molecule has 2 rings (SSSR count). The van der Waals surface area contributed by atoms with Crippen molar-refractivity contribution in [1.29, 1.82) is 0 Å². The van der Waals surface area contributed by atoms with E-state index in [0.717, 1.165) is 3.58 Å². The van der Waals surface area contributed by atoms with Gasteiger partial charge in [0.25, 0.3) is 0 Å². The molecule has 0 N–H and O–H groups in total. The number of hydrogen-bond donors (Lipinski definition) is 0. The van der Waals surface area contributed by atoms with Gasteiger partial charge in [0, 0.05) is 18.9 Å². The fraction of sp³-hybridized carbons (Fsp3) is 0.824. The van der Waals surface area contributed by atoms with Gasteiger partial charge in [0.15, 0.2) is 16.6 Å². The fourth-order valence-corrected chi connectivity index (χ4v) is 8.76. The predicted molar refractivity (Wildman–Crippen MR) is 198 cm³/mol. The molecular weight excluding hydrogens is 755 g/mol. The Morgan fingerprint density at radius 3 is 2.04 bits per heavy atom. The van der Waals surface area contributed by atoms with E-state index in [1.54, 1.807) is 7.11 Å². The first-order valence-corrected chi connectivity index (χ1v) is 23.6. The third kappa shape index (κ3) is 11.6. The number of ether oxygens (including phenoxy) is 4. The molecule has 12 heteroatoms. The summed E-state index contributed by atoms with van der Waals surface area (Å²) < 4.78 is 39.8. The maximum Gasteiger partial charge on any atom is 0.308 e. The summed E-state index contributed by atoms with van der Waals surface area (Å²) in [5.74, 6) is 5.38. The van der Waals surface area contributed by atoms with Crippen molar-refractivity contribution in [2.75, 3.05) is 14.2 Å². The molecule has 0 aliphatic carbocycles. The SMILES string of the molecule is C=C(I)C[C@H](Cl)CCC(=O)C#CC(OC)C1O[C@H]2CCC(CC(=O)OC)O[C@@H]2C(O[Si](C)(C)C(C)(C)C)C1O[Si](C)(C)C(C)(C)C. The Bertz CT molecular complexity index is 1120. The van der Waals surface area contributed by atoms with Gasteiger partial charge in [-0.1, -0.05) is 54.0 Å². The van der Waals surface area contributed by atoms with E-state index in [1.807, 2.05) is 0 Å². The van der Waals surface area contributed by atoms with Gasteiger partial charge in [-0.15, -0.1) is 11.6 Å². The van der Waals surface area contributed by atoms with Crippen molar-refractivity contribution in [3.63, 3.8) is 0 Å². The lowest BCUT2D eigenvalue weighted by Gasteiger charge is -2.55. The van der Waals surface area contributed by atoms with Crippen molar-refractivity contribution < 1.29 is 37.4 Å². The number of alkyl halides is 1. The molecule has 0 saturated carbocycles. The first-order valence-electron chi connectivity index (χ1n) is 16.3. The van der Waals surface area contributed by atoms with Crippen LogP contribution in [0.5, 0.6) is 0 Å². The van der Waals surface area contributed by atoms with Crippen LogP contribution >= 0.6 is 34.2 Å². The van der Waals surface area contributed by atoms with Crippen LogP contribution in [0.25, 0.3) is 0 Å². The van der Waals surface area contributed by atoms with Crippen molar-refractivity contribution >= 4 is 62.6 Å². The van der Waals surface area contributed by atoms with Crippen LogP contribution in [0.1, 0.15) is 80.1 Å². The Morgan fingerprint density at radius 2 is 1.54 bits per heavy atom. The van der Waals surface area contributed by atoms with E-state index in [-0.39, 0.29) is 52.3 Å². The van der Waals surface area contributed by atoms with Gasteiger partial charge in [-0.05, 0) is 94.0 Å². The zero-order valence-corrected chi connectivity index (χ0v) is 35.0. The second-order valence-corrected chi connectivity index (χ2v) is 27.3. The molecule has 0 spiro atoms. The second-order valence-electron chi connectivity index (χ2n) is 15.6. The largest absolute Gasteiger partial charge is 0.469 e. The Kier molecular flexibility index (Phi) is 15.5. The molecule has 46 heavy (non-hydrogen) atoms. The zero-order valence-electron chi connectivity index (χ0n) is 30.1. The third-order valence-corrected chi connectivity index (χ3v) is 19.7. The van der Waals surface area contributed by atoms with Gasteiger partial charge < -0.3 is 27.8 Å². The van der Waals surface area contributed by atoms with Crippen LogP contribution in [0.3, 0.4) is 0 Å². The third-order valence-electron chi connectivity index (χ3n) is 9.92. The van der Waals surface area contributed by atoms with Crippen LogP contribution in [0.4, 0.5) is 0 Å². The van der Waals surface area contributed by atoms with Crippen molar-refractivity contribution in [2.45, 2.75) is 164 Å². The van der Waals surface area contributed by atoms with Crippen molar-refractivity contribution in [2.24, 2.45) is 0 Å². The number of rotatable bonds is 13. The average Bonchev–Trinajstić information content (AvgIpc) is 2.92. The summed E-state index contributed by atoms with van der Waals surface area (Å²) in [6, 6.07) is 0. The van der Waals surface area contributed by atoms with E-state index in [4.69, 9.17) is 39.4 Å². The molecule has 0 amide bonds. The molecular formula is C34H58ClIO8Si2. The molecule has 5 unspecified atom stereocenters. The Labute approximate surface area is 299 Å². The van der Waals surface area contributed by atoms with Gasteiger partial charge in [-0.25, -0.2) is 0 Å². The molecule has 0 aromatic heterocycles. The summed E-state index contributed by atoms with van der Waals surface area (Å²) in [5, 5.41) is -0.367. The number of carbonyl (C=O) groups excluding carboxylic acids is 2. The number of Topliss-reactive ketones (excluding diaryl/α,β-unsaturated/α-hetero) is 1. The average molecular weight is 813 g/mol. The lowest BCUT2D eigenvalue weighted by molar-refractivity contribution is -0.268. The normalized spacial score (nSPS) is 27.1. The highest BCUT2D eigenvalue weighted by Gasteiger charge is 2.57. The number of hydrogen-bond acceptors (Lipinski definition) is 8. The zero-order chi connectivity index (χ0) is 35.3.